The number of aliphatic hydroxyl groups excluding tert-OH is 1. The number of rotatable bonds is 1. The van der Waals surface area contributed by atoms with Crippen molar-refractivity contribution < 1.29 is 5.11 Å². The van der Waals surface area contributed by atoms with Crippen molar-refractivity contribution in [1.29, 1.82) is 0 Å². The topological polar surface area (TPSA) is 33.1 Å². The number of aliphatic hydroxyl groups is 1. The molecule has 1 aliphatic rings. The van der Waals surface area contributed by atoms with Gasteiger partial charge in [-0.3, -0.25) is 4.98 Å². The molecule has 16 heavy (non-hydrogen) atoms. The van der Waals surface area contributed by atoms with Crippen molar-refractivity contribution in [2.24, 2.45) is 0 Å². The number of hydrogen-bond acceptors (Lipinski definition) is 2. The smallest absolute Gasteiger partial charge is 0.0546 e. The van der Waals surface area contributed by atoms with Gasteiger partial charge in [-0.25, -0.2) is 0 Å². The highest BCUT2D eigenvalue weighted by Gasteiger charge is 2.25. The van der Waals surface area contributed by atoms with E-state index in [1.165, 1.54) is 16.3 Å². The molecule has 1 aromatic carbocycles. The van der Waals surface area contributed by atoms with E-state index in [-0.39, 0.29) is 6.10 Å². The van der Waals surface area contributed by atoms with Crippen molar-refractivity contribution in [3.63, 3.8) is 0 Å². The lowest BCUT2D eigenvalue weighted by Gasteiger charge is -2.12. The highest BCUT2D eigenvalue weighted by molar-refractivity contribution is 5.85. The Balaban J connectivity index is 2.09. The van der Waals surface area contributed by atoms with Crippen LogP contribution in [0.15, 0.2) is 36.7 Å². The molecular formula is C14H15NO. The predicted octanol–water partition coefficient (Wildman–Crippen LogP) is 2.86. The third-order valence-corrected chi connectivity index (χ3v) is 3.56. The number of nitrogens with zero attached hydrogens (tertiary/aromatic N) is 1. The van der Waals surface area contributed by atoms with E-state index in [9.17, 15) is 5.11 Å². The second-order valence-corrected chi connectivity index (χ2v) is 4.61. The van der Waals surface area contributed by atoms with Gasteiger partial charge in [0.05, 0.1) is 6.10 Å². The van der Waals surface area contributed by atoms with Gasteiger partial charge in [-0.05, 0) is 42.2 Å². The van der Waals surface area contributed by atoms with Crippen LogP contribution >= 0.6 is 0 Å². The maximum atomic E-state index is 9.62. The lowest BCUT2D eigenvalue weighted by Crippen LogP contribution is -2.00. The van der Waals surface area contributed by atoms with Gasteiger partial charge in [0.25, 0.3) is 0 Å². The summed E-state index contributed by atoms with van der Waals surface area (Å²) < 4.78 is 0. The summed E-state index contributed by atoms with van der Waals surface area (Å²) in [5.41, 5.74) is 1.35. The summed E-state index contributed by atoms with van der Waals surface area (Å²) in [5, 5.41) is 12.1. The highest BCUT2D eigenvalue weighted by Crippen LogP contribution is 2.37. The van der Waals surface area contributed by atoms with Crippen molar-refractivity contribution in [2.75, 3.05) is 0 Å². The highest BCUT2D eigenvalue weighted by atomic mass is 16.3. The van der Waals surface area contributed by atoms with Crippen LogP contribution in [0.3, 0.4) is 0 Å². The molecule has 0 saturated heterocycles. The Hall–Kier alpha value is -1.41. The minimum atomic E-state index is -0.114. The Morgan fingerprint density at radius 1 is 1.19 bits per heavy atom. The first-order valence-electron chi connectivity index (χ1n) is 5.85. The average Bonchev–Trinajstić information content (AvgIpc) is 2.75. The molecule has 1 aromatic heterocycles. The van der Waals surface area contributed by atoms with E-state index in [1.54, 1.807) is 0 Å². The Morgan fingerprint density at radius 3 is 2.94 bits per heavy atom. The molecule has 2 atom stereocenters. The van der Waals surface area contributed by atoms with Crippen LogP contribution < -0.4 is 0 Å². The zero-order valence-corrected chi connectivity index (χ0v) is 9.13. The number of aromatic nitrogens is 1. The van der Waals surface area contributed by atoms with Crippen LogP contribution in [0.1, 0.15) is 30.7 Å². The standard InChI is InChI=1S/C14H15NO/c16-12-5-4-11(8-12)13-3-1-2-10-6-7-15-9-14(10)13/h1-3,6-7,9,11-12,16H,4-5,8H2. The molecular weight excluding hydrogens is 198 g/mol. The summed E-state index contributed by atoms with van der Waals surface area (Å²) in [6.07, 6.45) is 6.58. The van der Waals surface area contributed by atoms with E-state index in [4.69, 9.17) is 0 Å². The molecule has 0 amide bonds. The van der Waals surface area contributed by atoms with Crippen LogP contribution in [0.25, 0.3) is 10.8 Å². The van der Waals surface area contributed by atoms with Gasteiger partial charge in [0.15, 0.2) is 0 Å². The van der Waals surface area contributed by atoms with Gasteiger partial charge in [-0.15, -0.1) is 0 Å². The molecule has 1 heterocycles. The second-order valence-electron chi connectivity index (χ2n) is 4.61. The molecule has 0 aliphatic heterocycles. The van der Waals surface area contributed by atoms with E-state index in [0.717, 1.165) is 19.3 Å². The molecule has 0 radical (unpaired) electrons. The third-order valence-electron chi connectivity index (χ3n) is 3.56. The summed E-state index contributed by atoms with van der Waals surface area (Å²) in [5.74, 6) is 0.503. The van der Waals surface area contributed by atoms with Crippen molar-refractivity contribution in [2.45, 2.75) is 31.3 Å². The van der Waals surface area contributed by atoms with Gasteiger partial charge >= 0.3 is 0 Å². The maximum absolute atomic E-state index is 9.62. The van der Waals surface area contributed by atoms with E-state index in [0.29, 0.717) is 5.92 Å². The molecule has 2 unspecified atom stereocenters. The Kier molecular flexibility index (Phi) is 2.37. The molecule has 1 saturated carbocycles. The van der Waals surface area contributed by atoms with Crippen LogP contribution in [0.2, 0.25) is 0 Å². The molecule has 0 spiro atoms. The Labute approximate surface area is 94.9 Å². The van der Waals surface area contributed by atoms with Crippen LogP contribution in [-0.2, 0) is 0 Å². The van der Waals surface area contributed by atoms with Crippen molar-refractivity contribution in [3.8, 4) is 0 Å². The molecule has 82 valence electrons. The SMILES string of the molecule is OC1CCC(c2cccc3ccncc23)C1. The quantitative estimate of drug-likeness (QED) is 0.790. The zero-order valence-electron chi connectivity index (χ0n) is 9.13. The third kappa shape index (κ3) is 1.59. The Bertz CT molecular complexity index is 504. The molecule has 1 aliphatic carbocycles. The summed E-state index contributed by atoms with van der Waals surface area (Å²) >= 11 is 0. The van der Waals surface area contributed by atoms with Crippen molar-refractivity contribution in [1.82, 2.24) is 4.98 Å². The average molecular weight is 213 g/mol. The monoisotopic (exact) mass is 213 g/mol. The number of fused-ring (bicyclic) bond motifs is 1. The fourth-order valence-electron chi connectivity index (χ4n) is 2.73. The summed E-state index contributed by atoms with van der Waals surface area (Å²) in [6, 6.07) is 8.44. The van der Waals surface area contributed by atoms with Crippen molar-refractivity contribution >= 4 is 10.8 Å². The van der Waals surface area contributed by atoms with Gasteiger partial charge in [0, 0.05) is 17.8 Å². The molecule has 2 aromatic rings. The predicted molar refractivity (Wildman–Crippen MR) is 64.3 cm³/mol. The first kappa shape index (κ1) is 9.79. The summed E-state index contributed by atoms with van der Waals surface area (Å²) in [4.78, 5) is 4.20. The van der Waals surface area contributed by atoms with Gasteiger partial charge < -0.3 is 5.11 Å². The first-order chi connectivity index (χ1) is 7.84. The fourth-order valence-corrected chi connectivity index (χ4v) is 2.73. The first-order valence-corrected chi connectivity index (χ1v) is 5.85. The minimum Gasteiger partial charge on any atom is -0.393 e. The zero-order chi connectivity index (χ0) is 11.0. The van der Waals surface area contributed by atoms with Crippen LogP contribution in [0.4, 0.5) is 0 Å². The van der Waals surface area contributed by atoms with Gasteiger partial charge in [0.2, 0.25) is 0 Å². The summed E-state index contributed by atoms with van der Waals surface area (Å²) in [7, 11) is 0. The molecule has 1 fully saturated rings. The molecule has 1 N–H and O–H groups in total. The van der Waals surface area contributed by atoms with E-state index < -0.39 is 0 Å². The lowest BCUT2D eigenvalue weighted by molar-refractivity contribution is 0.181. The van der Waals surface area contributed by atoms with Crippen molar-refractivity contribution in [3.05, 3.63) is 42.2 Å². The maximum Gasteiger partial charge on any atom is 0.0546 e. The molecule has 2 heteroatoms. The molecule has 2 nitrogen and oxygen atoms in total. The normalized spacial score (nSPS) is 25.1. The number of pyridine rings is 1. The van der Waals surface area contributed by atoms with Crippen LogP contribution in [0, 0.1) is 0 Å². The van der Waals surface area contributed by atoms with Crippen LogP contribution in [-0.4, -0.2) is 16.2 Å². The van der Waals surface area contributed by atoms with Crippen LogP contribution in [0.5, 0.6) is 0 Å². The van der Waals surface area contributed by atoms with E-state index in [2.05, 4.69) is 23.2 Å². The minimum absolute atomic E-state index is 0.114. The van der Waals surface area contributed by atoms with Gasteiger partial charge in [-0.2, -0.15) is 0 Å². The van der Waals surface area contributed by atoms with E-state index in [1.807, 2.05) is 18.5 Å². The Morgan fingerprint density at radius 2 is 2.12 bits per heavy atom. The second kappa shape index (κ2) is 3.87. The fraction of sp³-hybridized carbons (Fsp3) is 0.357. The van der Waals surface area contributed by atoms with Gasteiger partial charge in [-0.1, -0.05) is 18.2 Å². The largest absolute Gasteiger partial charge is 0.393 e. The lowest BCUT2D eigenvalue weighted by atomic mass is 9.93. The molecule has 0 bridgehead atoms. The van der Waals surface area contributed by atoms with Gasteiger partial charge in [0.1, 0.15) is 0 Å². The number of benzene rings is 1. The number of hydrogen-bond donors (Lipinski definition) is 1. The summed E-state index contributed by atoms with van der Waals surface area (Å²) in [6.45, 7) is 0. The van der Waals surface area contributed by atoms with E-state index >= 15 is 0 Å². The molecule has 3 rings (SSSR count).